The van der Waals surface area contributed by atoms with Crippen molar-refractivity contribution in [1.82, 2.24) is 5.32 Å². The Labute approximate surface area is 216 Å². The van der Waals surface area contributed by atoms with Gasteiger partial charge in [-0.05, 0) is 69.2 Å². The van der Waals surface area contributed by atoms with Gasteiger partial charge in [0.2, 0.25) is 5.90 Å². The first-order valence-corrected chi connectivity index (χ1v) is 12.3. The number of hydrogen-bond donors (Lipinski definition) is 2. The van der Waals surface area contributed by atoms with Gasteiger partial charge in [0.25, 0.3) is 5.91 Å². The molecule has 0 spiro atoms. The molecule has 3 rings (SSSR count). The summed E-state index contributed by atoms with van der Waals surface area (Å²) in [7, 11) is 0. The minimum Gasteiger partial charge on any atom is -0.494 e. The molecule has 9 heteroatoms. The van der Waals surface area contributed by atoms with Crippen molar-refractivity contribution in [3.8, 4) is 5.75 Å². The number of hydrogen-bond acceptors (Lipinski definition) is 7. The molecule has 1 heterocycles. The molecule has 0 saturated carbocycles. The minimum absolute atomic E-state index is 0.00628. The number of esters is 1. The molecule has 2 aromatic carbocycles. The molecule has 2 N–H and O–H groups in total. The van der Waals surface area contributed by atoms with Crippen molar-refractivity contribution in [3.05, 3.63) is 64.7 Å². The van der Waals surface area contributed by atoms with Gasteiger partial charge < -0.3 is 24.6 Å². The Kier molecular flexibility index (Phi) is 9.34. The minimum atomic E-state index is -1.27. The third-order valence-corrected chi connectivity index (χ3v) is 5.64. The topological polar surface area (TPSA) is 106 Å². The zero-order valence-corrected chi connectivity index (χ0v) is 21.6. The van der Waals surface area contributed by atoms with E-state index in [4.69, 9.17) is 30.9 Å². The zero-order valence-electron chi connectivity index (χ0n) is 20.9. The highest BCUT2D eigenvalue weighted by atomic mass is 35.5. The number of amides is 1. The lowest BCUT2D eigenvalue weighted by Gasteiger charge is -2.24. The quantitative estimate of drug-likeness (QED) is 0.344. The maximum Gasteiger partial charge on any atom is 0.306 e. The van der Waals surface area contributed by atoms with Crippen LogP contribution in [0.2, 0.25) is 5.02 Å². The van der Waals surface area contributed by atoms with Crippen LogP contribution in [-0.2, 0) is 25.6 Å². The van der Waals surface area contributed by atoms with E-state index in [1.165, 1.54) is 0 Å². The molecule has 0 aliphatic carbocycles. The fraction of sp³-hybridized carbons (Fsp3) is 0.444. The van der Waals surface area contributed by atoms with Crippen LogP contribution in [0.1, 0.15) is 51.2 Å². The fourth-order valence-corrected chi connectivity index (χ4v) is 3.68. The standard InChI is InChI=1S/C27H33ClN2O6/c1-26(2,3)36-23(32)13-14-27(25(33)29-17-19-5-9-21(28)10-6-19)18-35-24(30-27)20-7-11-22(12-8-20)34-16-4-15-31/h5-12,31H,4,13-18H2,1-3H3,(H,29,33)/t27-/m1/s1. The van der Waals surface area contributed by atoms with Crippen LogP contribution < -0.4 is 10.1 Å². The van der Waals surface area contributed by atoms with Gasteiger partial charge in [-0.15, -0.1) is 0 Å². The van der Waals surface area contributed by atoms with E-state index in [1.54, 1.807) is 57.2 Å². The van der Waals surface area contributed by atoms with E-state index >= 15 is 0 Å². The summed E-state index contributed by atoms with van der Waals surface area (Å²) in [6.45, 7) is 6.16. The van der Waals surface area contributed by atoms with Crippen molar-refractivity contribution < 1.29 is 28.9 Å². The van der Waals surface area contributed by atoms with E-state index in [0.717, 1.165) is 5.56 Å². The van der Waals surface area contributed by atoms with E-state index < -0.39 is 17.1 Å². The van der Waals surface area contributed by atoms with Crippen molar-refractivity contribution >= 4 is 29.4 Å². The van der Waals surface area contributed by atoms with Gasteiger partial charge in [-0.25, -0.2) is 4.99 Å². The predicted molar refractivity (Wildman–Crippen MR) is 137 cm³/mol. The number of nitrogens with one attached hydrogen (secondary N) is 1. The maximum atomic E-state index is 13.4. The van der Waals surface area contributed by atoms with Gasteiger partial charge >= 0.3 is 5.97 Å². The Hall–Kier alpha value is -3.10. The molecule has 0 bridgehead atoms. The first-order chi connectivity index (χ1) is 17.1. The average Bonchev–Trinajstić information content (AvgIpc) is 3.28. The SMILES string of the molecule is CC(C)(C)OC(=O)CC[C@]1(C(=O)NCc2ccc(Cl)cc2)COC(c2ccc(OCCCO)cc2)=N1. The van der Waals surface area contributed by atoms with Crippen LogP contribution in [0, 0.1) is 0 Å². The van der Waals surface area contributed by atoms with E-state index in [2.05, 4.69) is 10.3 Å². The van der Waals surface area contributed by atoms with Crippen molar-refractivity contribution in [1.29, 1.82) is 0 Å². The molecule has 36 heavy (non-hydrogen) atoms. The van der Waals surface area contributed by atoms with Gasteiger partial charge in [0.1, 0.15) is 18.0 Å². The van der Waals surface area contributed by atoms with Gasteiger partial charge in [0, 0.05) is 36.6 Å². The van der Waals surface area contributed by atoms with Crippen LogP contribution >= 0.6 is 11.6 Å². The fourth-order valence-electron chi connectivity index (χ4n) is 3.55. The molecule has 0 fully saturated rings. The van der Waals surface area contributed by atoms with Crippen LogP contribution in [0.25, 0.3) is 0 Å². The number of carbonyl (C=O) groups excluding carboxylic acids is 2. The molecule has 1 aliphatic rings. The third kappa shape index (κ3) is 7.96. The molecule has 1 aliphatic heterocycles. The van der Waals surface area contributed by atoms with E-state index in [-0.39, 0.29) is 38.5 Å². The summed E-state index contributed by atoms with van der Waals surface area (Å²) in [5, 5.41) is 12.4. The molecule has 8 nitrogen and oxygen atoms in total. The lowest BCUT2D eigenvalue weighted by atomic mass is 9.94. The highest BCUT2D eigenvalue weighted by Gasteiger charge is 2.44. The molecule has 0 saturated heterocycles. The van der Waals surface area contributed by atoms with E-state index in [9.17, 15) is 9.59 Å². The van der Waals surface area contributed by atoms with Crippen molar-refractivity contribution in [3.63, 3.8) is 0 Å². The maximum absolute atomic E-state index is 13.4. The highest BCUT2D eigenvalue weighted by molar-refractivity contribution is 6.30. The molecule has 2 aromatic rings. The van der Waals surface area contributed by atoms with Crippen LogP contribution in [0.4, 0.5) is 0 Å². The Balaban J connectivity index is 1.76. The largest absolute Gasteiger partial charge is 0.494 e. The van der Waals surface area contributed by atoms with Gasteiger partial charge in [0.05, 0.1) is 6.61 Å². The first-order valence-electron chi connectivity index (χ1n) is 11.9. The number of aliphatic imine (C=N–C) groups is 1. The highest BCUT2D eigenvalue weighted by Crippen LogP contribution is 2.29. The van der Waals surface area contributed by atoms with Crippen LogP contribution in [0.15, 0.2) is 53.5 Å². The Morgan fingerprint density at radius 1 is 1.14 bits per heavy atom. The lowest BCUT2D eigenvalue weighted by molar-refractivity contribution is -0.155. The number of halogens is 1. The summed E-state index contributed by atoms with van der Waals surface area (Å²) in [4.78, 5) is 30.4. The first kappa shape index (κ1) is 27.5. The smallest absolute Gasteiger partial charge is 0.306 e. The van der Waals surface area contributed by atoms with Crippen molar-refractivity contribution in [2.24, 2.45) is 4.99 Å². The van der Waals surface area contributed by atoms with Crippen LogP contribution in [-0.4, -0.2) is 53.8 Å². The second-order valence-corrected chi connectivity index (χ2v) is 10.0. The van der Waals surface area contributed by atoms with Gasteiger partial charge in [-0.2, -0.15) is 0 Å². The van der Waals surface area contributed by atoms with Gasteiger partial charge in [0.15, 0.2) is 5.54 Å². The van der Waals surface area contributed by atoms with Crippen LogP contribution in [0.5, 0.6) is 5.75 Å². The molecular formula is C27H33ClN2O6. The normalized spacial score (nSPS) is 17.2. The summed E-state index contributed by atoms with van der Waals surface area (Å²) in [5.74, 6) is 0.241. The van der Waals surface area contributed by atoms with Crippen molar-refractivity contribution in [2.75, 3.05) is 19.8 Å². The van der Waals surface area contributed by atoms with Gasteiger partial charge in [-0.1, -0.05) is 23.7 Å². The summed E-state index contributed by atoms with van der Waals surface area (Å²) in [5.41, 5.74) is -0.318. The molecular weight excluding hydrogens is 484 g/mol. The lowest BCUT2D eigenvalue weighted by Crippen LogP contribution is -2.47. The Morgan fingerprint density at radius 3 is 2.47 bits per heavy atom. The second kappa shape index (κ2) is 12.2. The van der Waals surface area contributed by atoms with E-state index in [0.29, 0.717) is 35.3 Å². The summed E-state index contributed by atoms with van der Waals surface area (Å²) in [6.07, 6.45) is 0.701. The molecule has 0 unspecified atom stereocenters. The number of ether oxygens (including phenoxy) is 3. The monoisotopic (exact) mass is 516 g/mol. The number of rotatable bonds is 11. The zero-order chi connectivity index (χ0) is 26.2. The number of benzene rings is 2. The summed E-state index contributed by atoms with van der Waals surface area (Å²) < 4.78 is 16.9. The Morgan fingerprint density at radius 2 is 1.83 bits per heavy atom. The number of carbonyl (C=O) groups is 2. The number of aliphatic hydroxyl groups is 1. The van der Waals surface area contributed by atoms with Crippen molar-refractivity contribution in [2.45, 2.75) is 57.7 Å². The number of aliphatic hydroxyl groups excluding tert-OH is 1. The summed E-state index contributed by atoms with van der Waals surface area (Å²) >= 11 is 5.95. The van der Waals surface area contributed by atoms with Crippen LogP contribution in [0.3, 0.4) is 0 Å². The molecule has 194 valence electrons. The molecule has 1 amide bonds. The van der Waals surface area contributed by atoms with Gasteiger partial charge in [-0.3, -0.25) is 9.59 Å². The molecule has 1 atom stereocenters. The summed E-state index contributed by atoms with van der Waals surface area (Å²) in [6, 6.07) is 14.3. The average molecular weight is 517 g/mol. The third-order valence-electron chi connectivity index (χ3n) is 5.39. The predicted octanol–water partition coefficient (Wildman–Crippen LogP) is 4.06. The van der Waals surface area contributed by atoms with E-state index in [1.807, 2.05) is 12.1 Å². The molecule has 0 aromatic heterocycles. The number of nitrogens with zero attached hydrogens (tertiary/aromatic N) is 1. The molecule has 0 radical (unpaired) electrons. The Bertz CT molecular complexity index is 1060. The second-order valence-electron chi connectivity index (χ2n) is 9.58.